The zero-order chi connectivity index (χ0) is 99.3. The Balaban J connectivity index is 0.000000194. The molecule has 14 rings (SSSR count). The van der Waals surface area contributed by atoms with Crippen molar-refractivity contribution in [2.45, 2.75) is 207 Å². The van der Waals surface area contributed by atoms with Crippen LogP contribution in [0.5, 0.6) is 0 Å². The van der Waals surface area contributed by atoms with E-state index in [-0.39, 0.29) is 41.2 Å². The van der Waals surface area contributed by atoms with E-state index in [0.717, 1.165) is 20.1 Å². The van der Waals surface area contributed by atoms with Crippen molar-refractivity contribution >= 4 is 143 Å². The van der Waals surface area contributed by atoms with Crippen LogP contribution < -0.4 is 63.7 Å². The number of benzene rings is 14. The van der Waals surface area contributed by atoms with Gasteiger partial charge in [0, 0.05) is 0 Å². The average Bonchev–Trinajstić information content (AvgIpc) is 0.735. The van der Waals surface area contributed by atoms with E-state index >= 15 is 0 Å². The van der Waals surface area contributed by atoms with Crippen molar-refractivity contribution in [3.8, 4) is 24.3 Å². The minimum absolute atomic E-state index is 0.00222. The first-order valence-electron chi connectivity index (χ1n) is 47.1. The first kappa shape index (κ1) is 110. The molecule has 14 aromatic carbocycles. The molecule has 0 aromatic heterocycles. The maximum Gasteiger partial charge on any atom is 0.101 e. The molecule has 0 heterocycles. The Morgan fingerprint density at radius 2 is 0.206 bits per heavy atom. The third kappa shape index (κ3) is 26.5. The largest absolute Gasteiger partial charge is 0.192 e. The van der Waals surface area contributed by atoms with Crippen molar-refractivity contribution in [1.82, 2.24) is 0 Å². The van der Waals surface area contributed by atoms with Crippen molar-refractivity contribution in [1.29, 1.82) is 21.0 Å². The molecule has 0 radical (unpaired) electrons. The van der Waals surface area contributed by atoms with Crippen LogP contribution in [0.4, 0.5) is 0 Å². The molecule has 0 unspecified atom stereocenters. The fourth-order valence-corrected chi connectivity index (χ4v) is 63.7. The number of hydrogen-bond donors (Lipinski definition) is 0. The molecule has 700 valence electrons. The summed E-state index contributed by atoms with van der Waals surface area (Å²) in [5.41, 5.74) is 0. The van der Waals surface area contributed by atoms with E-state index in [1.165, 1.54) is 63.7 Å². The van der Waals surface area contributed by atoms with Crippen LogP contribution in [0.2, 0.25) is 0 Å². The summed E-state index contributed by atoms with van der Waals surface area (Å²) in [6.45, 7) is 45.9. The van der Waals surface area contributed by atoms with Crippen molar-refractivity contribution in [3.05, 3.63) is 437 Å². The van der Waals surface area contributed by atoms with Crippen LogP contribution >= 0.6 is 59.2 Å². The summed E-state index contributed by atoms with van der Waals surface area (Å²) >= 11 is 0. The van der Waals surface area contributed by atoms with Gasteiger partial charge in [0.05, 0.1) is 20.1 Å². The molecule has 0 N–H and O–H groups in total. The van der Waals surface area contributed by atoms with Gasteiger partial charge in [-0.2, -0.15) is 21.0 Å². The van der Waals surface area contributed by atoms with E-state index in [2.05, 4.69) is 554 Å². The maximum atomic E-state index is 10.9. The highest BCUT2D eigenvalue weighted by Crippen LogP contribution is 2.71. The molecular formula is C124H144N4P8. The van der Waals surface area contributed by atoms with Gasteiger partial charge in [-0.05, 0) is 132 Å². The van der Waals surface area contributed by atoms with Crippen molar-refractivity contribution in [2.24, 2.45) is 0 Å². The van der Waals surface area contributed by atoms with Crippen LogP contribution in [0.25, 0.3) is 0 Å². The van der Waals surface area contributed by atoms with Gasteiger partial charge in [0.25, 0.3) is 0 Å². The fourth-order valence-electron chi connectivity index (χ4n) is 19.5. The molecule has 0 aliphatic carbocycles. The van der Waals surface area contributed by atoms with Crippen LogP contribution in [0.15, 0.2) is 437 Å². The van der Waals surface area contributed by atoms with Gasteiger partial charge >= 0.3 is 0 Å². The molecule has 0 aliphatic rings. The second-order valence-corrected chi connectivity index (χ2v) is 71.4. The third-order valence-corrected chi connectivity index (χ3v) is 57.6. The lowest BCUT2D eigenvalue weighted by Crippen LogP contribution is -2.35. The molecule has 0 saturated carbocycles. The summed E-state index contributed by atoms with van der Waals surface area (Å²) in [5, 5.41) is 63.0. The number of nitrogens with zero attached hydrogens (tertiary/aromatic N) is 4. The third-order valence-electron chi connectivity index (χ3n) is 22.9. The van der Waals surface area contributed by atoms with Gasteiger partial charge in [0.1, 0.15) is 24.3 Å². The Morgan fingerprint density at radius 1 is 0.140 bits per heavy atom. The predicted molar refractivity (Wildman–Crippen MR) is 622 cm³/mol. The lowest BCUT2D eigenvalue weighted by Gasteiger charge is -2.45. The van der Waals surface area contributed by atoms with Crippen LogP contribution in [0, 0.1) is 45.3 Å². The molecule has 0 atom stereocenters. The van der Waals surface area contributed by atoms with E-state index in [0.29, 0.717) is 0 Å². The topological polar surface area (TPSA) is 95.2 Å². The SMILES string of the molecule is CC(C)(C)P(C(C#N)=P(c1ccccc1)(c1ccccc1)c1ccccc1)C(C)(C)C.CC(C)(C)P(C(C#N)=P(c1ccccc1)(c1ccccc1)c1ccccc1)C(C)(C)C.CC(C)(C)P(C(C#N)=P(c1ccccc1)(c1ccccc1)c1ccccc1)C(C)(C)C.CC(C)(C)P(C(C#N)=P(c1ccccc1)(c1ccccc1)c1ccccc1)C(C)(C)C.c1ccccc1.c1ccccc1. The minimum atomic E-state index is -2.33. The van der Waals surface area contributed by atoms with Gasteiger partial charge in [-0.3, -0.25) is 0 Å². The normalized spacial score (nSPS) is 12.1. The Hall–Kier alpha value is -10.0. The maximum absolute atomic E-state index is 10.9. The zero-order valence-electron chi connectivity index (χ0n) is 84.9. The summed E-state index contributed by atoms with van der Waals surface area (Å²) in [4.78, 5) is 0. The molecule has 0 bridgehead atoms. The lowest BCUT2D eigenvalue weighted by atomic mass is 10.2. The second kappa shape index (κ2) is 49.0. The van der Waals surface area contributed by atoms with Crippen molar-refractivity contribution < 1.29 is 0 Å². The molecular weight excluding hydrogens is 1790 g/mol. The average molecular weight is 1940 g/mol. The highest BCUT2D eigenvalue weighted by atomic mass is 31.2. The van der Waals surface area contributed by atoms with Crippen molar-refractivity contribution in [2.75, 3.05) is 0 Å². The van der Waals surface area contributed by atoms with Crippen LogP contribution in [0.1, 0.15) is 166 Å². The second-order valence-electron chi connectivity index (χ2n) is 41.5. The smallest absolute Gasteiger partial charge is 0.101 e. The van der Waals surface area contributed by atoms with Gasteiger partial charge in [-0.15, -0.1) is 0 Å². The predicted octanol–water partition coefficient (Wildman–Crippen LogP) is 30.2. The number of hydrogen-bond acceptors (Lipinski definition) is 4. The van der Waals surface area contributed by atoms with Gasteiger partial charge in [0.2, 0.25) is 0 Å². The van der Waals surface area contributed by atoms with Crippen molar-refractivity contribution in [3.63, 3.8) is 0 Å². The summed E-state index contributed by atoms with van der Waals surface area (Å²) in [6.07, 6.45) is 0. The molecule has 0 saturated heterocycles. The van der Waals surface area contributed by atoms with E-state index in [1.54, 1.807) is 0 Å². The lowest BCUT2D eigenvalue weighted by molar-refractivity contribution is 0.717. The number of nitriles is 4. The van der Waals surface area contributed by atoms with Crippen LogP contribution in [-0.4, -0.2) is 61.4 Å². The summed E-state index contributed by atoms with van der Waals surface area (Å²) in [7, 11) is -3.04. The molecule has 0 amide bonds. The Labute approximate surface area is 826 Å². The number of rotatable bonds is 16. The Kier molecular flexibility index (Phi) is 39.5. The summed E-state index contributed by atoms with van der Waals surface area (Å²) in [5.74, 6) is 0. The quantitative estimate of drug-likeness (QED) is 0.0901. The van der Waals surface area contributed by atoms with Gasteiger partial charge in [-0.25, -0.2) is 0 Å². The van der Waals surface area contributed by atoms with E-state index in [1.807, 2.05) is 72.8 Å². The first-order valence-corrected chi connectivity index (χ1v) is 59.6. The standard InChI is InChI=1S/4C28H33NP2.2C6H6/c4*1-27(2,3)30(28(4,5)6)26(22-29)31(23-16-10-7-11-17-23,24-18-12-8-13-19-24)25-20-14-9-15-21-25;2*1-2-4-6-5-3-1/h4*7-21H,1-6H3;2*1-6H. The Morgan fingerprint density at radius 3 is 0.265 bits per heavy atom. The molecule has 136 heavy (non-hydrogen) atoms. The first-order chi connectivity index (χ1) is 64.5. The fraction of sp³-hybridized carbons (Fsp3) is 0.258. The summed E-state index contributed by atoms with van der Waals surface area (Å²) < 4.78 is 0. The van der Waals surface area contributed by atoms with Gasteiger partial charge in [-0.1, -0.05) is 635 Å². The molecule has 14 aromatic rings. The van der Waals surface area contributed by atoms with E-state index in [9.17, 15) is 21.0 Å². The summed E-state index contributed by atoms with van der Waals surface area (Å²) in [6, 6.07) is 164. The monoisotopic (exact) mass is 1940 g/mol. The zero-order valence-corrected chi connectivity index (χ0v) is 92.1. The Bertz CT molecular complexity index is 5150. The molecule has 0 aliphatic heterocycles. The van der Waals surface area contributed by atoms with E-state index in [4.69, 9.17) is 0 Å². The molecule has 0 fully saturated rings. The molecule has 4 nitrogen and oxygen atoms in total. The minimum Gasteiger partial charge on any atom is -0.192 e. The van der Waals surface area contributed by atoms with Gasteiger partial charge in [0.15, 0.2) is 0 Å². The van der Waals surface area contributed by atoms with E-state index < -0.39 is 59.2 Å². The molecule has 0 spiro atoms. The van der Waals surface area contributed by atoms with Crippen LogP contribution in [0.3, 0.4) is 0 Å². The van der Waals surface area contributed by atoms with Crippen LogP contribution in [-0.2, 0) is 0 Å². The van der Waals surface area contributed by atoms with Gasteiger partial charge < -0.3 is 0 Å². The highest BCUT2D eigenvalue weighted by Gasteiger charge is 2.49. The molecule has 12 heteroatoms. The highest BCUT2D eigenvalue weighted by molar-refractivity contribution is 8.10.